The van der Waals surface area contributed by atoms with Crippen molar-refractivity contribution < 1.29 is 0 Å². The van der Waals surface area contributed by atoms with Gasteiger partial charge in [-0.05, 0) is 35.7 Å². The summed E-state index contributed by atoms with van der Waals surface area (Å²) >= 11 is 6.34. The zero-order valence-corrected chi connectivity index (χ0v) is 15.9. The van der Waals surface area contributed by atoms with Gasteiger partial charge in [0.15, 0.2) is 0 Å². The fourth-order valence-electron chi connectivity index (χ4n) is 4.30. The number of aryl methyl sites for hydroxylation is 1. The first-order chi connectivity index (χ1) is 13.2. The lowest BCUT2D eigenvalue weighted by atomic mass is 9.92. The van der Waals surface area contributed by atoms with E-state index in [4.69, 9.17) is 11.6 Å². The molecule has 0 spiro atoms. The summed E-state index contributed by atoms with van der Waals surface area (Å²) in [6.07, 6.45) is 5.09. The van der Waals surface area contributed by atoms with Crippen LogP contribution in [0.1, 0.15) is 28.4 Å². The molecule has 2 aromatic heterocycles. The summed E-state index contributed by atoms with van der Waals surface area (Å²) in [4.78, 5) is 6.21. The standard InChI is InChI=1S/C22H21ClN4/c1-26-13-15(12-24-26)14-27-10-9-19-18-7-2-3-8-20(18)25-21(19)22(27)16-5-4-6-17(23)11-16/h2-8,11-13,22,25H,9-10,14H2,1H3. The number of fused-ring (bicyclic) bond motifs is 3. The molecule has 4 nitrogen and oxygen atoms in total. The molecule has 0 radical (unpaired) electrons. The maximum Gasteiger partial charge on any atom is 0.0760 e. The molecule has 5 heteroatoms. The highest BCUT2D eigenvalue weighted by atomic mass is 35.5. The topological polar surface area (TPSA) is 36.9 Å². The molecular weight excluding hydrogens is 356 g/mol. The lowest BCUT2D eigenvalue weighted by Crippen LogP contribution is -2.35. The number of halogens is 1. The smallest absolute Gasteiger partial charge is 0.0760 e. The first kappa shape index (κ1) is 16.6. The molecule has 3 heterocycles. The lowest BCUT2D eigenvalue weighted by molar-refractivity contribution is 0.202. The first-order valence-corrected chi connectivity index (χ1v) is 9.63. The number of nitrogens with zero attached hydrogens (tertiary/aromatic N) is 3. The molecule has 0 bridgehead atoms. The lowest BCUT2D eigenvalue weighted by Gasteiger charge is -2.36. The summed E-state index contributed by atoms with van der Waals surface area (Å²) in [5.74, 6) is 0. The van der Waals surface area contributed by atoms with Gasteiger partial charge in [0.1, 0.15) is 0 Å². The van der Waals surface area contributed by atoms with Crippen LogP contribution in [0.2, 0.25) is 5.02 Å². The van der Waals surface area contributed by atoms with Crippen molar-refractivity contribution >= 4 is 22.5 Å². The predicted molar refractivity (Wildman–Crippen MR) is 109 cm³/mol. The maximum absolute atomic E-state index is 6.34. The highest BCUT2D eigenvalue weighted by Gasteiger charge is 2.31. The van der Waals surface area contributed by atoms with E-state index in [2.05, 4.69) is 57.6 Å². The Kier molecular flexibility index (Phi) is 4.03. The Morgan fingerprint density at radius 3 is 2.89 bits per heavy atom. The van der Waals surface area contributed by atoms with Crippen molar-refractivity contribution in [2.45, 2.75) is 19.0 Å². The second-order valence-corrected chi connectivity index (χ2v) is 7.70. The van der Waals surface area contributed by atoms with Crippen LogP contribution in [0, 0.1) is 0 Å². The highest BCUT2D eigenvalue weighted by molar-refractivity contribution is 6.30. The number of aromatic amines is 1. The number of aromatic nitrogens is 3. The number of nitrogens with one attached hydrogen (secondary N) is 1. The molecule has 0 aliphatic carbocycles. The van der Waals surface area contributed by atoms with Gasteiger partial charge >= 0.3 is 0 Å². The Morgan fingerprint density at radius 1 is 1.19 bits per heavy atom. The molecule has 1 atom stereocenters. The average molecular weight is 377 g/mol. The van der Waals surface area contributed by atoms with E-state index in [0.717, 1.165) is 24.5 Å². The third-order valence-corrected chi connectivity index (χ3v) is 5.68. The van der Waals surface area contributed by atoms with Gasteiger partial charge in [-0.2, -0.15) is 5.10 Å². The summed E-state index contributed by atoms with van der Waals surface area (Å²) in [5, 5.41) is 6.44. The van der Waals surface area contributed by atoms with Gasteiger partial charge in [0, 0.05) is 53.5 Å². The van der Waals surface area contributed by atoms with Gasteiger partial charge < -0.3 is 4.98 Å². The number of rotatable bonds is 3. The molecule has 0 saturated heterocycles. The van der Waals surface area contributed by atoms with Crippen LogP contribution in [0.4, 0.5) is 0 Å². The van der Waals surface area contributed by atoms with Crippen LogP contribution in [-0.2, 0) is 20.0 Å². The Hall–Kier alpha value is -2.56. The number of para-hydroxylation sites is 1. The average Bonchev–Trinajstić information content (AvgIpc) is 3.24. The van der Waals surface area contributed by atoms with Crippen LogP contribution >= 0.6 is 11.6 Å². The molecular formula is C22H21ClN4. The zero-order valence-electron chi connectivity index (χ0n) is 15.2. The minimum absolute atomic E-state index is 0.153. The zero-order chi connectivity index (χ0) is 18.4. The molecule has 4 aromatic rings. The van der Waals surface area contributed by atoms with Crippen LogP contribution in [0.25, 0.3) is 10.9 Å². The molecule has 136 valence electrons. The maximum atomic E-state index is 6.34. The van der Waals surface area contributed by atoms with Gasteiger partial charge in [0.05, 0.1) is 12.2 Å². The summed E-state index contributed by atoms with van der Waals surface area (Å²) in [6.45, 7) is 1.86. The first-order valence-electron chi connectivity index (χ1n) is 9.25. The van der Waals surface area contributed by atoms with Crippen LogP contribution in [-0.4, -0.2) is 26.2 Å². The Morgan fingerprint density at radius 2 is 2.07 bits per heavy atom. The molecule has 1 aliphatic heterocycles. The molecule has 1 aliphatic rings. The summed E-state index contributed by atoms with van der Waals surface area (Å²) in [6, 6.07) is 17.0. The highest BCUT2D eigenvalue weighted by Crippen LogP contribution is 2.39. The summed E-state index contributed by atoms with van der Waals surface area (Å²) in [5.41, 5.74) is 6.37. The van der Waals surface area contributed by atoms with Crippen molar-refractivity contribution in [3.05, 3.63) is 88.3 Å². The third kappa shape index (κ3) is 2.95. The molecule has 0 amide bonds. The summed E-state index contributed by atoms with van der Waals surface area (Å²) in [7, 11) is 1.96. The molecule has 1 unspecified atom stereocenters. The van der Waals surface area contributed by atoms with Crippen LogP contribution in [0.5, 0.6) is 0 Å². The fraction of sp³-hybridized carbons (Fsp3) is 0.227. The van der Waals surface area contributed by atoms with Gasteiger partial charge in [0.2, 0.25) is 0 Å². The second kappa shape index (κ2) is 6.55. The molecule has 5 rings (SSSR count). The van der Waals surface area contributed by atoms with E-state index in [-0.39, 0.29) is 6.04 Å². The van der Waals surface area contributed by atoms with E-state index in [1.807, 2.05) is 30.1 Å². The van der Waals surface area contributed by atoms with Crippen molar-refractivity contribution in [3.8, 4) is 0 Å². The van der Waals surface area contributed by atoms with Gasteiger partial charge in [-0.15, -0.1) is 0 Å². The van der Waals surface area contributed by atoms with E-state index in [0.29, 0.717) is 0 Å². The van der Waals surface area contributed by atoms with Gasteiger partial charge in [0.25, 0.3) is 0 Å². The number of benzene rings is 2. The Balaban J connectivity index is 1.63. The normalized spacial score (nSPS) is 17.3. The summed E-state index contributed by atoms with van der Waals surface area (Å²) < 4.78 is 1.86. The number of H-pyrrole nitrogens is 1. The SMILES string of the molecule is Cn1cc(CN2CCc3c([nH]c4ccccc34)C2c2cccc(Cl)c2)cn1. The molecule has 1 N–H and O–H groups in total. The predicted octanol–water partition coefficient (Wildman–Crippen LogP) is 4.70. The van der Waals surface area contributed by atoms with Gasteiger partial charge in [-0.25, -0.2) is 0 Å². The van der Waals surface area contributed by atoms with Crippen LogP contribution in [0.3, 0.4) is 0 Å². The minimum atomic E-state index is 0.153. The Labute approximate surface area is 163 Å². The van der Waals surface area contributed by atoms with Crippen LogP contribution < -0.4 is 0 Å². The van der Waals surface area contributed by atoms with Crippen molar-refractivity contribution in [2.24, 2.45) is 7.05 Å². The molecule has 2 aromatic carbocycles. The van der Waals surface area contributed by atoms with E-state index in [9.17, 15) is 0 Å². The minimum Gasteiger partial charge on any atom is -0.357 e. The van der Waals surface area contributed by atoms with Gasteiger partial charge in [-0.1, -0.05) is 41.9 Å². The van der Waals surface area contributed by atoms with Crippen LogP contribution in [0.15, 0.2) is 60.9 Å². The van der Waals surface area contributed by atoms with Crippen molar-refractivity contribution in [3.63, 3.8) is 0 Å². The second-order valence-electron chi connectivity index (χ2n) is 7.26. The largest absolute Gasteiger partial charge is 0.357 e. The quantitative estimate of drug-likeness (QED) is 0.562. The van der Waals surface area contributed by atoms with E-state index >= 15 is 0 Å². The third-order valence-electron chi connectivity index (χ3n) is 5.44. The van der Waals surface area contributed by atoms with E-state index in [1.165, 1.54) is 33.3 Å². The van der Waals surface area contributed by atoms with Crippen molar-refractivity contribution in [1.82, 2.24) is 19.7 Å². The molecule has 0 fully saturated rings. The number of hydrogen-bond acceptors (Lipinski definition) is 2. The van der Waals surface area contributed by atoms with Gasteiger partial charge in [-0.3, -0.25) is 9.58 Å². The van der Waals surface area contributed by atoms with E-state index < -0.39 is 0 Å². The van der Waals surface area contributed by atoms with E-state index in [1.54, 1.807) is 0 Å². The fourth-order valence-corrected chi connectivity index (χ4v) is 4.50. The van der Waals surface area contributed by atoms with Crippen molar-refractivity contribution in [1.29, 1.82) is 0 Å². The monoisotopic (exact) mass is 376 g/mol. The van der Waals surface area contributed by atoms with Crippen molar-refractivity contribution in [2.75, 3.05) is 6.54 Å². The Bertz CT molecular complexity index is 1110. The molecule has 27 heavy (non-hydrogen) atoms. The number of hydrogen-bond donors (Lipinski definition) is 1. The molecule has 0 saturated carbocycles.